The molecule has 0 bridgehead atoms. The van der Waals surface area contributed by atoms with Gasteiger partial charge in [0.2, 0.25) is 5.78 Å². The Hall–Kier alpha value is -3.81. The van der Waals surface area contributed by atoms with Crippen LogP contribution in [0.15, 0.2) is 76.4 Å². The summed E-state index contributed by atoms with van der Waals surface area (Å²) < 4.78 is 35.2. The number of thioether (sulfide) groups is 1. The normalized spacial score (nSPS) is 11.2. The Bertz CT molecular complexity index is 1570. The standard InChI is InChI=1S/C29H23BrF2N4O2S/c1-3-36-27(23(30)16-34-36)25(37)11-9-18-10-12-26(38-2)20(13-18)17-39-29-22(15-33)21(14-24(35-29)28(31)32)19-7-5-4-6-8-19/h4-14,16,28H,3,17H2,1-2H3/b11-9+. The zero-order chi connectivity index (χ0) is 27.9. The summed E-state index contributed by atoms with van der Waals surface area (Å²) in [5.74, 6) is 0.688. The van der Waals surface area contributed by atoms with E-state index in [2.05, 4.69) is 32.1 Å². The Labute approximate surface area is 237 Å². The zero-order valence-corrected chi connectivity index (χ0v) is 23.5. The van der Waals surface area contributed by atoms with Gasteiger partial charge in [-0.1, -0.05) is 42.5 Å². The molecule has 0 aliphatic rings. The number of nitriles is 1. The third kappa shape index (κ3) is 6.44. The minimum absolute atomic E-state index is 0.201. The van der Waals surface area contributed by atoms with Crippen molar-refractivity contribution in [2.75, 3.05) is 7.11 Å². The molecule has 0 saturated carbocycles. The maximum Gasteiger partial charge on any atom is 0.280 e. The number of nitrogens with zero attached hydrogens (tertiary/aromatic N) is 4. The fourth-order valence-corrected chi connectivity index (χ4v) is 5.45. The van der Waals surface area contributed by atoms with Gasteiger partial charge in [-0.05, 0) is 58.3 Å². The van der Waals surface area contributed by atoms with Gasteiger partial charge in [-0.3, -0.25) is 9.48 Å². The summed E-state index contributed by atoms with van der Waals surface area (Å²) in [6, 6.07) is 17.8. The van der Waals surface area contributed by atoms with E-state index in [1.165, 1.54) is 31.0 Å². The second-order valence-corrected chi connectivity index (χ2v) is 10.1. The van der Waals surface area contributed by atoms with E-state index in [0.717, 1.165) is 11.1 Å². The highest BCUT2D eigenvalue weighted by Crippen LogP contribution is 2.36. The molecule has 0 N–H and O–H groups in total. The lowest BCUT2D eigenvalue weighted by molar-refractivity contribution is 0.103. The highest BCUT2D eigenvalue weighted by molar-refractivity contribution is 9.10. The van der Waals surface area contributed by atoms with Crippen LogP contribution in [0.1, 0.15) is 46.2 Å². The highest BCUT2D eigenvalue weighted by Gasteiger charge is 2.20. The number of carbonyl (C=O) groups excluding carboxylic acids is 1. The first kappa shape index (κ1) is 28.2. The number of ketones is 1. The monoisotopic (exact) mass is 608 g/mol. The number of pyridine rings is 1. The number of ether oxygens (including phenoxy) is 1. The number of alkyl halides is 2. The average Bonchev–Trinajstić information content (AvgIpc) is 3.34. The molecule has 0 aliphatic carbocycles. The molecule has 0 amide bonds. The quantitative estimate of drug-likeness (QED) is 0.104. The van der Waals surface area contributed by atoms with E-state index in [0.29, 0.717) is 39.3 Å². The molecule has 0 spiro atoms. The van der Waals surface area contributed by atoms with E-state index < -0.39 is 12.1 Å². The minimum Gasteiger partial charge on any atom is -0.496 e. The molecule has 0 fully saturated rings. The average molecular weight is 609 g/mol. The van der Waals surface area contributed by atoms with Gasteiger partial charge in [0, 0.05) is 23.4 Å². The summed E-state index contributed by atoms with van der Waals surface area (Å²) >= 11 is 4.55. The molecule has 10 heteroatoms. The van der Waals surface area contributed by atoms with Crippen molar-refractivity contribution in [2.45, 2.75) is 30.7 Å². The number of benzene rings is 2. The van der Waals surface area contributed by atoms with Crippen LogP contribution in [0.3, 0.4) is 0 Å². The second kappa shape index (κ2) is 12.8. The number of allylic oxidation sites excluding steroid dienone is 1. The summed E-state index contributed by atoms with van der Waals surface area (Å²) in [7, 11) is 1.54. The number of halogens is 3. The molecule has 6 nitrogen and oxygen atoms in total. The number of methoxy groups -OCH3 is 1. The topological polar surface area (TPSA) is 80.8 Å². The van der Waals surface area contributed by atoms with Crippen molar-refractivity contribution < 1.29 is 18.3 Å². The van der Waals surface area contributed by atoms with Gasteiger partial charge in [0.25, 0.3) is 6.43 Å². The number of aromatic nitrogens is 3. The number of carbonyl (C=O) groups is 1. The number of aryl methyl sites for hydroxylation is 1. The van der Waals surface area contributed by atoms with Crippen LogP contribution in [-0.4, -0.2) is 27.7 Å². The zero-order valence-electron chi connectivity index (χ0n) is 21.1. The lowest BCUT2D eigenvalue weighted by Crippen LogP contribution is -2.07. The fourth-order valence-electron chi connectivity index (χ4n) is 3.97. The first-order chi connectivity index (χ1) is 18.9. The van der Waals surface area contributed by atoms with Crippen LogP contribution < -0.4 is 4.74 Å². The van der Waals surface area contributed by atoms with Crippen molar-refractivity contribution >= 4 is 39.6 Å². The lowest BCUT2D eigenvalue weighted by atomic mass is 10.0. The van der Waals surface area contributed by atoms with Crippen molar-refractivity contribution in [2.24, 2.45) is 0 Å². The highest BCUT2D eigenvalue weighted by atomic mass is 79.9. The maximum absolute atomic E-state index is 13.7. The Kier molecular flexibility index (Phi) is 9.28. The molecule has 2 heterocycles. The molecule has 4 aromatic rings. The summed E-state index contributed by atoms with van der Waals surface area (Å²) in [6.45, 7) is 2.46. The van der Waals surface area contributed by atoms with Crippen LogP contribution in [0, 0.1) is 11.3 Å². The first-order valence-corrected chi connectivity index (χ1v) is 13.7. The molecular weight excluding hydrogens is 586 g/mol. The Morgan fingerprint density at radius 3 is 2.67 bits per heavy atom. The van der Waals surface area contributed by atoms with Crippen LogP contribution in [0.25, 0.3) is 17.2 Å². The third-order valence-corrected chi connectivity index (χ3v) is 7.45. The van der Waals surface area contributed by atoms with E-state index in [9.17, 15) is 18.8 Å². The van der Waals surface area contributed by atoms with Crippen LogP contribution in [0.4, 0.5) is 8.78 Å². The van der Waals surface area contributed by atoms with Crippen molar-refractivity contribution in [3.05, 3.63) is 99.4 Å². The molecule has 4 rings (SSSR count). The van der Waals surface area contributed by atoms with Gasteiger partial charge in [0.1, 0.15) is 28.2 Å². The van der Waals surface area contributed by atoms with Gasteiger partial charge < -0.3 is 4.74 Å². The van der Waals surface area contributed by atoms with Gasteiger partial charge >= 0.3 is 0 Å². The number of rotatable bonds is 10. The molecule has 2 aromatic carbocycles. The largest absolute Gasteiger partial charge is 0.496 e. The number of hydrogen-bond acceptors (Lipinski definition) is 6. The van der Waals surface area contributed by atoms with Gasteiger partial charge in [0.05, 0.1) is 23.3 Å². The summed E-state index contributed by atoms with van der Waals surface area (Å²) in [4.78, 5) is 16.9. The summed E-state index contributed by atoms with van der Waals surface area (Å²) in [5.41, 5.74) is 2.87. The molecule has 0 radical (unpaired) electrons. The Morgan fingerprint density at radius 2 is 2.00 bits per heavy atom. The van der Waals surface area contributed by atoms with Crippen molar-refractivity contribution in [3.63, 3.8) is 0 Å². The van der Waals surface area contributed by atoms with Crippen LogP contribution in [-0.2, 0) is 12.3 Å². The number of hydrogen-bond donors (Lipinski definition) is 0. The third-order valence-electron chi connectivity index (χ3n) is 5.85. The fraction of sp³-hybridized carbons (Fsp3) is 0.172. The van der Waals surface area contributed by atoms with Crippen molar-refractivity contribution in [3.8, 4) is 22.9 Å². The van der Waals surface area contributed by atoms with Crippen LogP contribution in [0.5, 0.6) is 5.75 Å². The molecule has 2 aromatic heterocycles. The molecule has 0 atom stereocenters. The molecule has 0 saturated heterocycles. The summed E-state index contributed by atoms with van der Waals surface area (Å²) in [6.07, 6.45) is 1.96. The molecule has 0 unspecified atom stereocenters. The van der Waals surface area contributed by atoms with Gasteiger partial charge in [-0.15, -0.1) is 11.8 Å². The second-order valence-electron chi connectivity index (χ2n) is 8.27. The van der Waals surface area contributed by atoms with E-state index >= 15 is 0 Å². The van der Waals surface area contributed by atoms with Crippen molar-refractivity contribution in [1.29, 1.82) is 5.26 Å². The predicted molar refractivity (Wildman–Crippen MR) is 151 cm³/mol. The molecule has 0 aliphatic heterocycles. The first-order valence-electron chi connectivity index (χ1n) is 11.9. The van der Waals surface area contributed by atoms with E-state index in [4.69, 9.17) is 4.74 Å². The SMILES string of the molecule is CCn1ncc(Br)c1C(=O)/C=C/c1ccc(OC)c(CSc2nc(C(F)F)cc(-c3ccccc3)c2C#N)c1. The van der Waals surface area contributed by atoms with Crippen LogP contribution >= 0.6 is 27.7 Å². The predicted octanol–water partition coefficient (Wildman–Crippen LogP) is 7.73. The summed E-state index contributed by atoms with van der Waals surface area (Å²) in [5, 5.41) is 14.3. The van der Waals surface area contributed by atoms with Crippen LogP contribution in [0.2, 0.25) is 0 Å². The Balaban J connectivity index is 1.64. The molecule has 198 valence electrons. The lowest BCUT2D eigenvalue weighted by Gasteiger charge is -2.13. The van der Waals surface area contributed by atoms with Gasteiger partial charge in [-0.25, -0.2) is 13.8 Å². The van der Waals surface area contributed by atoms with Gasteiger partial charge in [-0.2, -0.15) is 10.4 Å². The maximum atomic E-state index is 13.7. The van der Waals surface area contributed by atoms with E-state index in [-0.39, 0.29) is 16.4 Å². The van der Waals surface area contributed by atoms with E-state index in [1.807, 2.05) is 25.1 Å². The minimum atomic E-state index is -2.79. The smallest absolute Gasteiger partial charge is 0.280 e. The van der Waals surface area contributed by atoms with Gasteiger partial charge in [0.15, 0.2) is 0 Å². The molecular formula is C29H23BrF2N4O2S. The Morgan fingerprint density at radius 1 is 1.23 bits per heavy atom. The molecule has 39 heavy (non-hydrogen) atoms. The van der Waals surface area contributed by atoms with E-state index in [1.54, 1.807) is 47.3 Å². The van der Waals surface area contributed by atoms with Crippen molar-refractivity contribution in [1.82, 2.24) is 14.8 Å².